The molecule has 1 saturated carbocycles. The lowest BCUT2D eigenvalue weighted by molar-refractivity contribution is 0.295. The number of rotatable bonds is 2. The number of hydrogen-bond acceptors (Lipinski definition) is 2. The summed E-state index contributed by atoms with van der Waals surface area (Å²) in [5.41, 5.74) is 2.02. The molecule has 0 radical (unpaired) electrons. The van der Waals surface area contributed by atoms with Gasteiger partial charge in [0, 0.05) is 0 Å². The van der Waals surface area contributed by atoms with Crippen molar-refractivity contribution in [3.63, 3.8) is 0 Å². The Balaban J connectivity index is 1.78. The maximum atomic E-state index is 4.51. The van der Waals surface area contributed by atoms with E-state index in [4.69, 9.17) is 0 Å². The number of nitrogens with zero attached hydrogens (tertiary/aromatic N) is 3. The highest BCUT2D eigenvalue weighted by atomic mass is 15.5. The first-order chi connectivity index (χ1) is 7.92. The molecule has 1 fully saturated rings. The molecular formula is C13H17N3. The average Bonchev–Trinajstić information content (AvgIpc) is 2.72. The SMILES string of the molecule is c1ccc2nn(CC3CCCCC3)nc2c1. The van der Waals surface area contributed by atoms with Crippen molar-refractivity contribution < 1.29 is 0 Å². The van der Waals surface area contributed by atoms with E-state index in [-0.39, 0.29) is 0 Å². The Kier molecular flexibility index (Phi) is 2.60. The third kappa shape index (κ3) is 1.94. The highest BCUT2D eigenvalue weighted by Gasteiger charge is 2.15. The molecule has 0 unspecified atom stereocenters. The summed E-state index contributed by atoms with van der Waals surface area (Å²) in [7, 11) is 0. The fourth-order valence-corrected chi connectivity index (χ4v) is 2.59. The van der Waals surface area contributed by atoms with E-state index in [0.717, 1.165) is 23.5 Å². The minimum absolute atomic E-state index is 0.788. The van der Waals surface area contributed by atoms with Crippen LogP contribution >= 0.6 is 0 Å². The zero-order valence-electron chi connectivity index (χ0n) is 9.47. The zero-order valence-corrected chi connectivity index (χ0v) is 9.47. The van der Waals surface area contributed by atoms with E-state index in [1.165, 1.54) is 32.1 Å². The summed E-state index contributed by atoms with van der Waals surface area (Å²) in [6.07, 6.45) is 6.86. The van der Waals surface area contributed by atoms with E-state index in [2.05, 4.69) is 10.2 Å². The Morgan fingerprint density at radius 1 is 1.00 bits per heavy atom. The summed E-state index contributed by atoms with van der Waals surface area (Å²) in [4.78, 5) is 1.89. The van der Waals surface area contributed by atoms with Crippen molar-refractivity contribution >= 4 is 11.0 Å². The lowest BCUT2D eigenvalue weighted by atomic mass is 9.89. The quantitative estimate of drug-likeness (QED) is 0.771. The molecule has 0 saturated heterocycles. The molecule has 0 atom stereocenters. The van der Waals surface area contributed by atoms with Gasteiger partial charge in [-0.2, -0.15) is 15.0 Å². The van der Waals surface area contributed by atoms with Gasteiger partial charge in [0.25, 0.3) is 0 Å². The highest BCUT2D eigenvalue weighted by Crippen LogP contribution is 2.24. The fourth-order valence-electron chi connectivity index (χ4n) is 2.59. The molecule has 3 heteroatoms. The van der Waals surface area contributed by atoms with Crippen LogP contribution in [0.1, 0.15) is 32.1 Å². The van der Waals surface area contributed by atoms with Crippen LogP contribution in [0, 0.1) is 5.92 Å². The van der Waals surface area contributed by atoms with Crippen LogP contribution in [0.5, 0.6) is 0 Å². The molecule has 0 amide bonds. The van der Waals surface area contributed by atoms with Crippen LogP contribution in [0.4, 0.5) is 0 Å². The van der Waals surface area contributed by atoms with Crippen molar-refractivity contribution in [1.29, 1.82) is 0 Å². The van der Waals surface area contributed by atoms with Crippen LogP contribution in [-0.2, 0) is 6.54 Å². The molecule has 84 valence electrons. The van der Waals surface area contributed by atoms with Crippen LogP contribution in [0.15, 0.2) is 24.3 Å². The maximum absolute atomic E-state index is 4.51. The van der Waals surface area contributed by atoms with Crippen molar-refractivity contribution in [3.8, 4) is 0 Å². The largest absolute Gasteiger partial charge is 0.183 e. The Morgan fingerprint density at radius 2 is 1.62 bits per heavy atom. The first kappa shape index (κ1) is 9.82. The normalized spacial score (nSPS) is 18.0. The van der Waals surface area contributed by atoms with Gasteiger partial charge in [-0.25, -0.2) is 0 Å². The topological polar surface area (TPSA) is 30.7 Å². The standard InChI is InChI=1S/C13H17N3/c1-2-6-11(7-3-1)10-16-14-12-8-4-5-9-13(12)15-16/h4-5,8-9,11H,1-3,6-7,10H2. The Morgan fingerprint density at radius 3 is 2.25 bits per heavy atom. The van der Waals surface area contributed by atoms with Crippen molar-refractivity contribution in [2.75, 3.05) is 0 Å². The average molecular weight is 215 g/mol. The van der Waals surface area contributed by atoms with Crippen LogP contribution in [0.3, 0.4) is 0 Å². The molecule has 0 bridgehead atoms. The molecule has 1 aromatic heterocycles. The molecule has 1 aliphatic rings. The van der Waals surface area contributed by atoms with E-state index in [1.807, 2.05) is 29.1 Å². The van der Waals surface area contributed by atoms with Gasteiger partial charge in [-0.05, 0) is 30.9 Å². The second-order valence-corrected chi connectivity index (χ2v) is 4.75. The van der Waals surface area contributed by atoms with Gasteiger partial charge >= 0.3 is 0 Å². The van der Waals surface area contributed by atoms with Gasteiger partial charge in [0.05, 0.1) is 6.54 Å². The zero-order chi connectivity index (χ0) is 10.8. The minimum Gasteiger partial charge on any atom is -0.183 e. The second-order valence-electron chi connectivity index (χ2n) is 4.75. The van der Waals surface area contributed by atoms with Gasteiger partial charge in [-0.3, -0.25) is 0 Å². The molecule has 3 nitrogen and oxygen atoms in total. The summed E-state index contributed by atoms with van der Waals surface area (Å²) in [5.74, 6) is 0.788. The molecule has 1 aliphatic carbocycles. The summed E-state index contributed by atoms with van der Waals surface area (Å²) in [5, 5.41) is 9.02. The van der Waals surface area contributed by atoms with Crippen LogP contribution in [0.2, 0.25) is 0 Å². The lowest BCUT2D eigenvalue weighted by Gasteiger charge is -2.20. The molecule has 0 spiro atoms. The van der Waals surface area contributed by atoms with E-state index >= 15 is 0 Å². The Hall–Kier alpha value is -1.38. The highest BCUT2D eigenvalue weighted by molar-refractivity contribution is 5.72. The third-order valence-corrected chi connectivity index (χ3v) is 3.47. The van der Waals surface area contributed by atoms with Crippen molar-refractivity contribution in [1.82, 2.24) is 15.0 Å². The van der Waals surface area contributed by atoms with Gasteiger partial charge in [-0.15, -0.1) is 0 Å². The summed E-state index contributed by atoms with van der Waals surface area (Å²) in [6, 6.07) is 8.09. The number of hydrogen-bond donors (Lipinski definition) is 0. The van der Waals surface area contributed by atoms with E-state index in [9.17, 15) is 0 Å². The fraction of sp³-hybridized carbons (Fsp3) is 0.538. The van der Waals surface area contributed by atoms with Crippen molar-refractivity contribution in [3.05, 3.63) is 24.3 Å². The van der Waals surface area contributed by atoms with Gasteiger partial charge < -0.3 is 0 Å². The Labute approximate surface area is 95.5 Å². The van der Waals surface area contributed by atoms with Crippen LogP contribution < -0.4 is 0 Å². The first-order valence-corrected chi connectivity index (χ1v) is 6.22. The predicted octanol–water partition coefficient (Wildman–Crippen LogP) is 3.01. The molecule has 0 aliphatic heterocycles. The van der Waals surface area contributed by atoms with Crippen LogP contribution in [0.25, 0.3) is 11.0 Å². The van der Waals surface area contributed by atoms with Crippen LogP contribution in [-0.4, -0.2) is 15.0 Å². The van der Waals surface area contributed by atoms with Gasteiger partial charge in [-0.1, -0.05) is 31.4 Å². The van der Waals surface area contributed by atoms with Gasteiger partial charge in [0.2, 0.25) is 0 Å². The second kappa shape index (κ2) is 4.24. The van der Waals surface area contributed by atoms with Gasteiger partial charge in [0.1, 0.15) is 11.0 Å². The summed E-state index contributed by atoms with van der Waals surface area (Å²) in [6.45, 7) is 0.995. The lowest BCUT2D eigenvalue weighted by Crippen LogP contribution is -2.15. The molecular weight excluding hydrogens is 198 g/mol. The van der Waals surface area contributed by atoms with E-state index < -0.39 is 0 Å². The molecule has 1 aromatic carbocycles. The molecule has 1 heterocycles. The number of fused-ring (bicyclic) bond motifs is 1. The molecule has 3 rings (SSSR count). The summed E-state index contributed by atoms with van der Waals surface area (Å²) < 4.78 is 0. The Bertz CT molecular complexity index is 436. The molecule has 0 N–H and O–H groups in total. The number of benzene rings is 1. The molecule has 16 heavy (non-hydrogen) atoms. The molecule has 2 aromatic rings. The van der Waals surface area contributed by atoms with E-state index in [0.29, 0.717) is 0 Å². The first-order valence-electron chi connectivity index (χ1n) is 6.22. The smallest absolute Gasteiger partial charge is 0.113 e. The van der Waals surface area contributed by atoms with Crippen molar-refractivity contribution in [2.24, 2.45) is 5.92 Å². The summed E-state index contributed by atoms with van der Waals surface area (Å²) >= 11 is 0. The third-order valence-electron chi connectivity index (χ3n) is 3.47. The minimum atomic E-state index is 0.788. The number of aromatic nitrogens is 3. The maximum Gasteiger partial charge on any atom is 0.113 e. The monoisotopic (exact) mass is 215 g/mol. The predicted molar refractivity (Wildman–Crippen MR) is 64.1 cm³/mol. The van der Waals surface area contributed by atoms with E-state index in [1.54, 1.807) is 0 Å². The van der Waals surface area contributed by atoms with Crippen molar-refractivity contribution in [2.45, 2.75) is 38.6 Å². The van der Waals surface area contributed by atoms with Gasteiger partial charge in [0.15, 0.2) is 0 Å².